The highest BCUT2D eigenvalue weighted by Crippen LogP contribution is 2.39. The van der Waals surface area contributed by atoms with E-state index >= 15 is 0 Å². The summed E-state index contributed by atoms with van der Waals surface area (Å²) in [5, 5.41) is 0.177. The Hall–Kier alpha value is -1.33. The van der Waals surface area contributed by atoms with Crippen LogP contribution in [0.25, 0.3) is 0 Å². The van der Waals surface area contributed by atoms with Crippen LogP contribution in [0.5, 0.6) is 0 Å². The van der Waals surface area contributed by atoms with Gasteiger partial charge in [0.25, 0.3) is 0 Å². The van der Waals surface area contributed by atoms with Gasteiger partial charge in [-0.25, -0.2) is 8.42 Å². The molecule has 0 N–H and O–H groups in total. The van der Waals surface area contributed by atoms with Crippen molar-refractivity contribution in [2.45, 2.75) is 64.3 Å². The molecule has 3 unspecified atom stereocenters. The summed E-state index contributed by atoms with van der Waals surface area (Å²) < 4.78 is 25.4. The average molecular weight is 426 g/mol. The molecule has 2 rings (SSSR count). The van der Waals surface area contributed by atoms with Crippen LogP contribution in [0, 0.1) is 11.8 Å². The number of likely N-dealkylation sites (tertiary alicyclic amines) is 1. The molecule has 28 heavy (non-hydrogen) atoms. The summed E-state index contributed by atoms with van der Waals surface area (Å²) in [7, 11) is -3.29. The number of hydrogen-bond donors (Lipinski definition) is 0. The molecule has 156 valence electrons. The van der Waals surface area contributed by atoms with E-state index in [1.165, 1.54) is 0 Å². The molecule has 1 aromatic carbocycles. The van der Waals surface area contributed by atoms with Crippen LogP contribution in [0.2, 0.25) is 5.02 Å². The van der Waals surface area contributed by atoms with Crippen molar-refractivity contribution >= 4 is 27.3 Å². The Bertz CT molecular complexity index is 787. The summed E-state index contributed by atoms with van der Waals surface area (Å²) >= 11 is 6.04. The Morgan fingerprint density at radius 1 is 1.18 bits per heavy atom. The van der Waals surface area contributed by atoms with Gasteiger partial charge >= 0.3 is 0 Å². The summed E-state index contributed by atoms with van der Waals surface area (Å²) in [5.74, 6) is -0.0959. The van der Waals surface area contributed by atoms with E-state index in [0.29, 0.717) is 11.4 Å². The fraction of sp³-hybridized carbons (Fsp3) is 0.591. The van der Waals surface area contributed by atoms with Gasteiger partial charge in [-0.15, -0.1) is 6.58 Å². The molecule has 0 aliphatic carbocycles. The van der Waals surface area contributed by atoms with Crippen molar-refractivity contribution < 1.29 is 13.2 Å². The molecule has 0 saturated carbocycles. The summed E-state index contributed by atoms with van der Waals surface area (Å²) in [6.07, 6.45) is 3.97. The van der Waals surface area contributed by atoms with E-state index in [-0.39, 0.29) is 35.6 Å². The molecule has 0 spiro atoms. The molecule has 0 radical (unpaired) electrons. The van der Waals surface area contributed by atoms with Crippen molar-refractivity contribution in [1.82, 2.24) is 4.90 Å². The van der Waals surface area contributed by atoms with Crippen LogP contribution in [0.4, 0.5) is 0 Å². The van der Waals surface area contributed by atoms with Crippen LogP contribution < -0.4 is 0 Å². The van der Waals surface area contributed by atoms with Crippen molar-refractivity contribution in [3.8, 4) is 0 Å². The normalized spacial score (nSPS) is 22.0. The maximum absolute atomic E-state index is 13.4. The van der Waals surface area contributed by atoms with E-state index in [9.17, 15) is 13.2 Å². The Labute approximate surface area is 174 Å². The number of benzene rings is 1. The van der Waals surface area contributed by atoms with Gasteiger partial charge in [0.1, 0.15) is 0 Å². The van der Waals surface area contributed by atoms with Crippen LogP contribution in [0.1, 0.15) is 58.6 Å². The number of rotatable bonds is 8. The zero-order chi connectivity index (χ0) is 21.1. The molecule has 4 nitrogen and oxygen atoms in total. The molecular formula is C22H32ClNO3S. The van der Waals surface area contributed by atoms with Crippen LogP contribution in [-0.2, 0) is 14.6 Å². The molecule has 6 heteroatoms. The van der Waals surface area contributed by atoms with E-state index in [1.807, 2.05) is 43.0 Å². The number of sulfone groups is 1. The second-order valence-corrected chi connectivity index (χ2v) is 11.3. The standard InChI is InChI=1S/C22H32ClNO3S/c1-6-7-18-10-13-20(17-8-11-19(23)12-9-17)24(22(18)25)21(15(2)3)14-28(26,27)16(4)5/h6,8-9,11-12,15-16,18,20-21H,1,7,10,13-14H2,2-5H3. The van der Waals surface area contributed by atoms with Crippen molar-refractivity contribution in [3.05, 3.63) is 47.5 Å². The van der Waals surface area contributed by atoms with E-state index < -0.39 is 15.1 Å². The number of carbonyl (C=O) groups is 1. The predicted molar refractivity (Wildman–Crippen MR) is 116 cm³/mol. The van der Waals surface area contributed by atoms with Crippen molar-refractivity contribution in [2.75, 3.05) is 5.75 Å². The smallest absolute Gasteiger partial charge is 0.226 e. The zero-order valence-electron chi connectivity index (χ0n) is 17.3. The van der Waals surface area contributed by atoms with Crippen molar-refractivity contribution in [1.29, 1.82) is 0 Å². The van der Waals surface area contributed by atoms with Gasteiger partial charge in [0.15, 0.2) is 9.84 Å². The molecule has 0 aromatic heterocycles. The van der Waals surface area contributed by atoms with Crippen LogP contribution in [0.15, 0.2) is 36.9 Å². The predicted octanol–water partition coefficient (Wildman–Crippen LogP) is 5.04. The number of piperidine rings is 1. The first-order valence-electron chi connectivity index (χ1n) is 9.98. The number of nitrogens with zero attached hydrogens (tertiary/aromatic N) is 1. The minimum absolute atomic E-state index is 0.0149. The van der Waals surface area contributed by atoms with Crippen LogP contribution >= 0.6 is 11.6 Å². The lowest BCUT2D eigenvalue weighted by Gasteiger charge is -2.45. The van der Waals surface area contributed by atoms with Gasteiger partial charge in [-0.2, -0.15) is 0 Å². The number of amides is 1. The van der Waals surface area contributed by atoms with E-state index in [1.54, 1.807) is 19.9 Å². The van der Waals surface area contributed by atoms with Gasteiger partial charge < -0.3 is 4.90 Å². The topological polar surface area (TPSA) is 54.5 Å². The van der Waals surface area contributed by atoms with Gasteiger partial charge in [0.2, 0.25) is 5.91 Å². The Balaban J connectivity index is 2.48. The summed E-state index contributed by atoms with van der Waals surface area (Å²) in [6.45, 7) is 11.2. The number of halogens is 1. The quantitative estimate of drug-likeness (QED) is 0.548. The maximum atomic E-state index is 13.4. The molecule has 1 fully saturated rings. The maximum Gasteiger partial charge on any atom is 0.226 e. The first-order chi connectivity index (χ1) is 13.1. The molecule has 0 bridgehead atoms. The highest BCUT2D eigenvalue weighted by Gasteiger charge is 2.42. The average Bonchev–Trinajstić information content (AvgIpc) is 2.62. The number of hydrogen-bond acceptors (Lipinski definition) is 3. The summed E-state index contributed by atoms with van der Waals surface area (Å²) in [4.78, 5) is 15.3. The van der Waals surface area contributed by atoms with E-state index in [4.69, 9.17) is 11.6 Å². The third kappa shape index (κ3) is 5.18. The van der Waals surface area contributed by atoms with Gasteiger partial charge in [-0.05, 0) is 56.7 Å². The molecule has 1 aromatic rings. The van der Waals surface area contributed by atoms with Crippen molar-refractivity contribution in [2.24, 2.45) is 11.8 Å². The molecule has 1 amide bonds. The molecule has 1 aliphatic heterocycles. The fourth-order valence-electron chi connectivity index (χ4n) is 3.84. The Morgan fingerprint density at radius 2 is 1.79 bits per heavy atom. The lowest BCUT2D eigenvalue weighted by Crippen LogP contribution is -2.53. The highest BCUT2D eigenvalue weighted by atomic mass is 35.5. The highest BCUT2D eigenvalue weighted by molar-refractivity contribution is 7.92. The van der Waals surface area contributed by atoms with Crippen molar-refractivity contribution in [3.63, 3.8) is 0 Å². The second-order valence-electron chi connectivity index (χ2n) is 8.30. The molecular weight excluding hydrogens is 394 g/mol. The van der Waals surface area contributed by atoms with Gasteiger partial charge in [0, 0.05) is 17.0 Å². The number of allylic oxidation sites excluding steroid dienone is 1. The zero-order valence-corrected chi connectivity index (χ0v) is 18.8. The van der Waals surface area contributed by atoms with Gasteiger partial charge in [-0.3, -0.25) is 4.79 Å². The van der Waals surface area contributed by atoms with Crippen LogP contribution in [0.3, 0.4) is 0 Å². The Kier molecular flexibility index (Phi) is 7.74. The third-order valence-corrected chi connectivity index (χ3v) is 8.18. The molecule has 3 atom stereocenters. The van der Waals surface area contributed by atoms with E-state index in [2.05, 4.69) is 6.58 Å². The van der Waals surface area contributed by atoms with Gasteiger partial charge in [-0.1, -0.05) is 43.7 Å². The van der Waals surface area contributed by atoms with Crippen LogP contribution in [-0.4, -0.2) is 36.3 Å². The first-order valence-corrected chi connectivity index (χ1v) is 12.1. The largest absolute Gasteiger partial charge is 0.331 e. The SMILES string of the molecule is C=CCC1CCC(c2ccc(Cl)cc2)N(C(CS(=O)(=O)C(C)C)C(C)C)C1=O. The third-order valence-electron chi connectivity index (χ3n) is 5.68. The lowest BCUT2D eigenvalue weighted by molar-refractivity contribution is -0.146. The van der Waals surface area contributed by atoms with Gasteiger partial charge in [0.05, 0.1) is 17.0 Å². The summed E-state index contributed by atoms with van der Waals surface area (Å²) in [5.41, 5.74) is 1.00. The second kappa shape index (κ2) is 9.45. The summed E-state index contributed by atoms with van der Waals surface area (Å²) in [6, 6.07) is 7.02. The number of carbonyl (C=O) groups excluding carboxylic acids is 1. The molecule has 1 saturated heterocycles. The first kappa shape index (κ1) is 23.0. The minimum Gasteiger partial charge on any atom is -0.331 e. The van der Waals surface area contributed by atoms with E-state index in [0.717, 1.165) is 18.4 Å². The minimum atomic E-state index is -3.29. The fourth-order valence-corrected chi connectivity index (χ4v) is 5.37. The molecule has 1 aliphatic rings. The monoisotopic (exact) mass is 425 g/mol. The molecule has 1 heterocycles. The Morgan fingerprint density at radius 3 is 2.29 bits per heavy atom. The lowest BCUT2D eigenvalue weighted by atomic mass is 9.84.